The Morgan fingerprint density at radius 1 is 1.38 bits per heavy atom. The van der Waals surface area contributed by atoms with E-state index in [9.17, 15) is 4.79 Å². The molecule has 0 atom stereocenters. The molecule has 7 nitrogen and oxygen atoms in total. The molecule has 138 valence electrons. The topological polar surface area (TPSA) is 94.5 Å². The predicted molar refractivity (Wildman–Crippen MR) is 102 cm³/mol. The molecule has 0 bridgehead atoms. The molecular weight excluding hydrogens is 330 g/mol. The molecule has 0 unspecified atom stereocenters. The highest BCUT2D eigenvalue weighted by Gasteiger charge is 2.16. The van der Waals surface area contributed by atoms with Crippen molar-refractivity contribution < 1.29 is 9.53 Å². The number of nitrogen functional groups attached to an aromatic ring is 1. The minimum Gasteiger partial charge on any atom is -0.488 e. The zero-order chi connectivity index (χ0) is 18.7. The molecule has 0 saturated carbocycles. The molecule has 0 aromatic carbocycles. The van der Waals surface area contributed by atoms with Gasteiger partial charge in [-0.1, -0.05) is 32.4 Å². The monoisotopic (exact) mass is 355 g/mol. The first-order chi connectivity index (χ1) is 12.5. The molecule has 0 saturated heterocycles. The number of anilines is 2. The molecule has 0 spiro atoms. The molecule has 0 aliphatic heterocycles. The van der Waals surface area contributed by atoms with Gasteiger partial charge in [-0.05, 0) is 24.8 Å². The van der Waals surface area contributed by atoms with Gasteiger partial charge in [0, 0.05) is 6.42 Å². The van der Waals surface area contributed by atoms with E-state index in [0.717, 1.165) is 24.3 Å². The number of rotatable bonds is 6. The van der Waals surface area contributed by atoms with Crippen LogP contribution in [0.3, 0.4) is 0 Å². The molecule has 26 heavy (non-hydrogen) atoms. The Bertz CT molecular complexity index is 879. The van der Waals surface area contributed by atoms with Gasteiger partial charge >= 0.3 is 0 Å². The Morgan fingerprint density at radius 3 is 2.85 bits per heavy atom. The summed E-state index contributed by atoms with van der Waals surface area (Å²) >= 11 is 0. The van der Waals surface area contributed by atoms with E-state index < -0.39 is 0 Å². The van der Waals surface area contributed by atoms with Gasteiger partial charge in [-0.3, -0.25) is 9.20 Å². The van der Waals surface area contributed by atoms with Gasteiger partial charge in [0.2, 0.25) is 0 Å². The summed E-state index contributed by atoms with van der Waals surface area (Å²) in [4.78, 5) is 20.9. The third kappa shape index (κ3) is 3.87. The molecule has 2 heterocycles. The summed E-state index contributed by atoms with van der Waals surface area (Å²) in [6.45, 7) is 6.31. The fourth-order valence-corrected chi connectivity index (χ4v) is 2.96. The Hall–Kier alpha value is -2.83. The van der Waals surface area contributed by atoms with Crippen LogP contribution in [0.1, 0.15) is 39.3 Å². The highest BCUT2D eigenvalue weighted by molar-refractivity contribution is 5.92. The highest BCUT2D eigenvalue weighted by Crippen LogP contribution is 2.24. The summed E-state index contributed by atoms with van der Waals surface area (Å²) in [6.07, 6.45) is 9.79. The van der Waals surface area contributed by atoms with E-state index in [4.69, 9.17) is 10.5 Å². The number of nitrogens with one attached hydrogen (secondary N) is 1. The summed E-state index contributed by atoms with van der Waals surface area (Å²) in [5, 5.41) is 2.89. The van der Waals surface area contributed by atoms with Crippen LogP contribution in [0.5, 0.6) is 0 Å². The van der Waals surface area contributed by atoms with Crippen molar-refractivity contribution in [1.29, 1.82) is 0 Å². The molecule has 3 rings (SSSR count). The number of nitrogens with zero attached hydrogens (tertiary/aromatic N) is 3. The number of ether oxygens (including phenoxy) is 1. The lowest BCUT2D eigenvalue weighted by Gasteiger charge is -2.17. The van der Waals surface area contributed by atoms with Crippen LogP contribution in [0.2, 0.25) is 0 Å². The van der Waals surface area contributed by atoms with Gasteiger partial charge in [0.15, 0.2) is 12.3 Å². The number of hydrogen-bond donors (Lipinski definition) is 2. The number of carbonyl (C=O) groups excluding carboxylic acids is 1. The van der Waals surface area contributed by atoms with Gasteiger partial charge in [-0.2, -0.15) is 0 Å². The van der Waals surface area contributed by atoms with E-state index in [1.54, 1.807) is 16.8 Å². The number of carbonyl (C=O) groups is 1. The standard InChI is InChI=1S/C19H25N5O2/c1-4-15-19(24-10-16(20)21-9-17(24)22-15)23-18(25)11-26-14-7-5-13(6-8-14)12(2)3/h5,7,9-10,12H,4,6,8,11,20H2,1-3H3,(H,23,25). The maximum Gasteiger partial charge on any atom is 0.263 e. The number of nitrogens with two attached hydrogens (primary N) is 1. The van der Waals surface area contributed by atoms with Crippen molar-refractivity contribution in [3.63, 3.8) is 0 Å². The molecule has 3 N–H and O–H groups in total. The normalized spacial score (nSPS) is 14.3. The number of aryl methyl sites for hydroxylation is 1. The largest absolute Gasteiger partial charge is 0.488 e. The van der Waals surface area contributed by atoms with Crippen molar-refractivity contribution in [3.8, 4) is 0 Å². The SMILES string of the molecule is CCc1nc2cnc(N)cn2c1NC(=O)COC1=CC=C(C(C)C)CC1. The molecule has 2 aromatic rings. The van der Waals surface area contributed by atoms with E-state index in [2.05, 4.69) is 35.2 Å². The number of imidazole rings is 1. The summed E-state index contributed by atoms with van der Waals surface area (Å²) in [6, 6.07) is 0. The van der Waals surface area contributed by atoms with Crippen molar-refractivity contribution in [2.75, 3.05) is 17.7 Å². The lowest BCUT2D eigenvalue weighted by Crippen LogP contribution is -2.20. The fraction of sp³-hybridized carbons (Fsp3) is 0.421. The summed E-state index contributed by atoms with van der Waals surface area (Å²) in [7, 11) is 0. The smallest absolute Gasteiger partial charge is 0.263 e. The maximum atomic E-state index is 12.4. The van der Waals surface area contributed by atoms with Crippen LogP contribution >= 0.6 is 0 Å². The van der Waals surface area contributed by atoms with Gasteiger partial charge in [0.05, 0.1) is 23.8 Å². The fourth-order valence-electron chi connectivity index (χ4n) is 2.96. The molecule has 1 aliphatic carbocycles. The van der Waals surface area contributed by atoms with Gasteiger partial charge in [-0.15, -0.1) is 0 Å². The van der Waals surface area contributed by atoms with Crippen molar-refractivity contribution in [3.05, 3.63) is 41.6 Å². The Kier molecular flexibility index (Phi) is 5.25. The van der Waals surface area contributed by atoms with Crippen LogP contribution in [0.25, 0.3) is 5.65 Å². The number of allylic oxidation sites excluding steroid dienone is 4. The molecule has 1 aliphatic rings. The van der Waals surface area contributed by atoms with Crippen molar-refractivity contribution in [1.82, 2.24) is 14.4 Å². The third-order valence-corrected chi connectivity index (χ3v) is 4.47. The van der Waals surface area contributed by atoms with Crippen molar-refractivity contribution >= 4 is 23.2 Å². The van der Waals surface area contributed by atoms with E-state index >= 15 is 0 Å². The Balaban J connectivity index is 1.67. The van der Waals surface area contributed by atoms with Gasteiger partial charge in [0.25, 0.3) is 5.91 Å². The highest BCUT2D eigenvalue weighted by atomic mass is 16.5. The minimum atomic E-state index is -0.226. The summed E-state index contributed by atoms with van der Waals surface area (Å²) in [5.74, 6) is 2.14. The van der Waals surface area contributed by atoms with E-state index in [-0.39, 0.29) is 12.5 Å². The number of fused-ring (bicyclic) bond motifs is 1. The summed E-state index contributed by atoms with van der Waals surface area (Å²) in [5.41, 5.74) is 8.59. The molecular formula is C19H25N5O2. The van der Waals surface area contributed by atoms with Crippen LogP contribution in [-0.2, 0) is 16.0 Å². The molecule has 0 fully saturated rings. The van der Waals surface area contributed by atoms with Gasteiger partial charge < -0.3 is 15.8 Å². The quantitative estimate of drug-likeness (QED) is 0.830. The zero-order valence-electron chi connectivity index (χ0n) is 15.5. The minimum absolute atomic E-state index is 0.0341. The maximum absolute atomic E-state index is 12.4. The Morgan fingerprint density at radius 2 is 2.19 bits per heavy atom. The predicted octanol–water partition coefficient (Wildman–Crippen LogP) is 3.09. The molecule has 2 aromatic heterocycles. The van der Waals surface area contributed by atoms with Gasteiger partial charge in [0.1, 0.15) is 11.6 Å². The van der Waals surface area contributed by atoms with Gasteiger partial charge in [-0.25, -0.2) is 9.97 Å². The van der Waals surface area contributed by atoms with Crippen LogP contribution in [0.15, 0.2) is 35.9 Å². The van der Waals surface area contributed by atoms with Crippen LogP contribution in [0.4, 0.5) is 11.6 Å². The average Bonchev–Trinajstić information content (AvgIpc) is 2.97. The Labute approximate surface area is 153 Å². The molecule has 7 heteroatoms. The van der Waals surface area contributed by atoms with Crippen molar-refractivity contribution in [2.24, 2.45) is 5.92 Å². The third-order valence-electron chi connectivity index (χ3n) is 4.47. The van der Waals surface area contributed by atoms with Crippen molar-refractivity contribution in [2.45, 2.75) is 40.0 Å². The number of aromatic nitrogens is 3. The average molecular weight is 355 g/mol. The van der Waals surface area contributed by atoms with Crippen LogP contribution in [0, 0.1) is 5.92 Å². The van der Waals surface area contributed by atoms with Crippen LogP contribution in [-0.4, -0.2) is 26.9 Å². The number of amides is 1. The van der Waals surface area contributed by atoms with E-state index in [1.165, 1.54) is 5.57 Å². The first kappa shape index (κ1) is 18.0. The van der Waals surface area contributed by atoms with E-state index in [1.807, 2.05) is 13.0 Å². The molecule has 0 radical (unpaired) electrons. The molecule has 1 amide bonds. The second-order valence-electron chi connectivity index (χ2n) is 6.67. The first-order valence-corrected chi connectivity index (χ1v) is 8.92. The van der Waals surface area contributed by atoms with Crippen LogP contribution < -0.4 is 11.1 Å². The number of hydrogen-bond acceptors (Lipinski definition) is 5. The lowest BCUT2D eigenvalue weighted by atomic mass is 9.94. The summed E-state index contributed by atoms with van der Waals surface area (Å²) < 4.78 is 7.42. The lowest BCUT2D eigenvalue weighted by molar-refractivity contribution is -0.119. The zero-order valence-corrected chi connectivity index (χ0v) is 15.5. The van der Waals surface area contributed by atoms with E-state index in [0.29, 0.717) is 29.6 Å². The second-order valence-corrected chi connectivity index (χ2v) is 6.67. The first-order valence-electron chi connectivity index (χ1n) is 8.92. The second kappa shape index (κ2) is 7.59.